The topological polar surface area (TPSA) is 25.2 Å². The highest BCUT2D eigenvalue weighted by Gasteiger charge is 2.12. The molecule has 1 fully saturated rings. The molecule has 2 aromatic rings. The van der Waals surface area contributed by atoms with Gasteiger partial charge in [0.05, 0.1) is 6.54 Å². The lowest BCUT2D eigenvalue weighted by Gasteiger charge is -2.14. The molecule has 0 saturated heterocycles. The Morgan fingerprint density at radius 3 is 2.62 bits per heavy atom. The molecular weight excluding hydrogens is 282 g/mol. The molecule has 1 aromatic carbocycles. The summed E-state index contributed by atoms with van der Waals surface area (Å²) in [5.41, 5.74) is 1.03. The smallest absolute Gasteiger partial charge is 0.134 e. The van der Waals surface area contributed by atoms with Crippen LogP contribution in [-0.2, 0) is 6.54 Å². The van der Waals surface area contributed by atoms with E-state index < -0.39 is 0 Å². The second-order valence-electron chi connectivity index (χ2n) is 5.85. The predicted molar refractivity (Wildman–Crippen MR) is 87.5 cm³/mol. The largest absolute Gasteiger partial charge is 0.460 e. The molecule has 1 aliphatic carbocycles. The van der Waals surface area contributed by atoms with Gasteiger partial charge in [0.25, 0.3) is 0 Å². The van der Waals surface area contributed by atoms with E-state index in [9.17, 15) is 0 Å². The Labute approximate surface area is 131 Å². The summed E-state index contributed by atoms with van der Waals surface area (Å²) < 4.78 is 5.93. The third kappa shape index (κ3) is 4.12. The van der Waals surface area contributed by atoms with Gasteiger partial charge in [0.1, 0.15) is 11.5 Å². The fourth-order valence-electron chi connectivity index (χ4n) is 3.00. The molecule has 3 heteroatoms. The second-order valence-corrected chi connectivity index (χ2v) is 6.28. The molecule has 0 atom stereocenters. The maximum atomic E-state index is 6.03. The summed E-state index contributed by atoms with van der Waals surface area (Å²) in [6.07, 6.45) is 8.06. The number of rotatable bonds is 4. The molecule has 21 heavy (non-hydrogen) atoms. The zero-order valence-corrected chi connectivity index (χ0v) is 13.0. The highest BCUT2D eigenvalue weighted by Crippen LogP contribution is 2.25. The number of hydrogen-bond donors (Lipinski definition) is 1. The first kappa shape index (κ1) is 14.7. The molecule has 1 saturated carbocycles. The van der Waals surface area contributed by atoms with Crippen molar-refractivity contribution in [3.05, 3.63) is 47.2 Å². The third-order valence-corrected chi connectivity index (χ3v) is 4.43. The lowest BCUT2D eigenvalue weighted by Crippen LogP contribution is -2.27. The lowest BCUT2D eigenvalue weighted by molar-refractivity contribution is 0.420. The fraction of sp³-hybridized carbons (Fsp3) is 0.444. The molecule has 0 spiro atoms. The van der Waals surface area contributed by atoms with Crippen molar-refractivity contribution in [3.8, 4) is 11.3 Å². The number of benzene rings is 1. The normalized spacial score (nSPS) is 16.8. The first-order valence-corrected chi connectivity index (χ1v) is 8.27. The summed E-state index contributed by atoms with van der Waals surface area (Å²) in [5.74, 6) is 1.88. The molecule has 1 N–H and O–H groups in total. The van der Waals surface area contributed by atoms with E-state index in [4.69, 9.17) is 16.0 Å². The van der Waals surface area contributed by atoms with Gasteiger partial charge in [-0.15, -0.1) is 0 Å². The molecule has 0 aliphatic heterocycles. The quantitative estimate of drug-likeness (QED) is 0.764. The standard InChI is InChI=1S/C18H22ClNO/c19-15-7-5-6-14(12-15)18-11-10-17(21-18)13-20-16-8-3-1-2-4-9-16/h5-7,10-12,16,20H,1-4,8-9,13H2. The summed E-state index contributed by atoms with van der Waals surface area (Å²) in [7, 11) is 0. The Kier molecular flexibility index (Phi) is 5.00. The van der Waals surface area contributed by atoms with E-state index >= 15 is 0 Å². The summed E-state index contributed by atoms with van der Waals surface area (Å²) in [5, 5.41) is 4.37. The molecular formula is C18H22ClNO. The van der Waals surface area contributed by atoms with E-state index in [0.717, 1.165) is 28.7 Å². The number of halogens is 1. The van der Waals surface area contributed by atoms with E-state index in [0.29, 0.717) is 6.04 Å². The predicted octanol–water partition coefficient (Wildman–Crippen LogP) is 5.41. The van der Waals surface area contributed by atoms with Crippen LogP contribution in [-0.4, -0.2) is 6.04 Å². The van der Waals surface area contributed by atoms with Crippen LogP contribution in [0.25, 0.3) is 11.3 Å². The van der Waals surface area contributed by atoms with Gasteiger partial charge in [0, 0.05) is 16.6 Å². The van der Waals surface area contributed by atoms with Crippen molar-refractivity contribution < 1.29 is 4.42 Å². The highest BCUT2D eigenvalue weighted by atomic mass is 35.5. The van der Waals surface area contributed by atoms with Gasteiger partial charge in [-0.25, -0.2) is 0 Å². The number of nitrogens with one attached hydrogen (secondary N) is 1. The SMILES string of the molecule is Clc1cccc(-c2ccc(CNC3CCCCCC3)o2)c1. The first-order valence-electron chi connectivity index (χ1n) is 7.89. The zero-order chi connectivity index (χ0) is 14.5. The van der Waals surface area contributed by atoms with Crippen LogP contribution in [0.15, 0.2) is 40.8 Å². The first-order chi connectivity index (χ1) is 10.3. The minimum Gasteiger partial charge on any atom is -0.460 e. The number of furan rings is 1. The Balaban J connectivity index is 1.60. The summed E-state index contributed by atoms with van der Waals surface area (Å²) in [6, 6.07) is 12.5. The summed E-state index contributed by atoms with van der Waals surface area (Å²) >= 11 is 6.03. The minimum atomic E-state index is 0.646. The lowest BCUT2D eigenvalue weighted by atomic mass is 10.1. The molecule has 2 nitrogen and oxygen atoms in total. The van der Waals surface area contributed by atoms with E-state index in [2.05, 4.69) is 11.4 Å². The molecule has 1 aromatic heterocycles. The molecule has 0 radical (unpaired) electrons. The molecule has 1 heterocycles. The van der Waals surface area contributed by atoms with Gasteiger partial charge < -0.3 is 9.73 Å². The molecule has 0 bridgehead atoms. The van der Waals surface area contributed by atoms with Gasteiger partial charge in [-0.05, 0) is 37.1 Å². The van der Waals surface area contributed by atoms with E-state index in [-0.39, 0.29) is 0 Å². The van der Waals surface area contributed by atoms with Crippen molar-refractivity contribution in [3.63, 3.8) is 0 Å². The van der Waals surface area contributed by atoms with E-state index in [1.807, 2.05) is 30.3 Å². The minimum absolute atomic E-state index is 0.646. The van der Waals surface area contributed by atoms with Crippen molar-refractivity contribution in [2.75, 3.05) is 0 Å². The maximum Gasteiger partial charge on any atom is 0.134 e. The molecule has 0 amide bonds. The molecule has 112 valence electrons. The zero-order valence-electron chi connectivity index (χ0n) is 12.3. The Bertz CT molecular complexity index is 570. The Morgan fingerprint density at radius 1 is 1.05 bits per heavy atom. The van der Waals surface area contributed by atoms with Crippen LogP contribution in [0.2, 0.25) is 5.02 Å². The fourth-order valence-corrected chi connectivity index (χ4v) is 3.19. The average molecular weight is 304 g/mol. The van der Waals surface area contributed by atoms with Crippen LogP contribution in [0, 0.1) is 0 Å². The Hall–Kier alpha value is -1.25. The van der Waals surface area contributed by atoms with Crippen LogP contribution >= 0.6 is 11.6 Å². The van der Waals surface area contributed by atoms with Crippen molar-refractivity contribution in [1.82, 2.24) is 5.32 Å². The van der Waals surface area contributed by atoms with Crippen molar-refractivity contribution in [2.24, 2.45) is 0 Å². The highest BCUT2D eigenvalue weighted by molar-refractivity contribution is 6.30. The van der Waals surface area contributed by atoms with Gasteiger partial charge in [-0.1, -0.05) is 49.4 Å². The number of hydrogen-bond acceptors (Lipinski definition) is 2. The van der Waals surface area contributed by atoms with Gasteiger partial charge >= 0.3 is 0 Å². The maximum absolute atomic E-state index is 6.03. The van der Waals surface area contributed by atoms with Crippen LogP contribution in [0.3, 0.4) is 0 Å². The van der Waals surface area contributed by atoms with Crippen molar-refractivity contribution in [1.29, 1.82) is 0 Å². The van der Waals surface area contributed by atoms with Gasteiger partial charge in [-0.3, -0.25) is 0 Å². The van der Waals surface area contributed by atoms with Gasteiger partial charge in [0.15, 0.2) is 0 Å². The third-order valence-electron chi connectivity index (χ3n) is 4.19. The van der Waals surface area contributed by atoms with Crippen LogP contribution in [0.5, 0.6) is 0 Å². The molecule has 1 aliphatic rings. The Morgan fingerprint density at radius 2 is 1.86 bits per heavy atom. The average Bonchev–Trinajstić information content (AvgIpc) is 2.81. The van der Waals surface area contributed by atoms with Crippen LogP contribution < -0.4 is 5.32 Å². The van der Waals surface area contributed by atoms with Crippen molar-refractivity contribution in [2.45, 2.75) is 51.1 Å². The summed E-state index contributed by atoms with van der Waals surface area (Å²) in [6.45, 7) is 0.811. The summed E-state index contributed by atoms with van der Waals surface area (Å²) in [4.78, 5) is 0. The monoisotopic (exact) mass is 303 g/mol. The molecule has 0 unspecified atom stereocenters. The van der Waals surface area contributed by atoms with Crippen LogP contribution in [0.1, 0.15) is 44.3 Å². The van der Waals surface area contributed by atoms with Gasteiger partial charge in [-0.2, -0.15) is 0 Å². The molecule has 3 rings (SSSR count). The van der Waals surface area contributed by atoms with E-state index in [1.165, 1.54) is 38.5 Å². The van der Waals surface area contributed by atoms with Crippen LogP contribution in [0.4, 0.5) is 0 Å². The van der Waals surface area contributed by atoms with Gasteiger partial charge in [0.2, 0.25) is 0 Å². The van der Waals surface area contributed by atoms with Crippen molar-refractivity contribution >= 4 is 11.6 Å². The van der Waals surface area contributed by atoms with E-state index in [1.54, 1.807) is 0 Å². The second kappa shape index (κ2) is 7.15.